The lowest BCUT2D eigenvalue weighted by Crippen LogP contribution is -2.46. The Kier molecular flexibility index (Phi) is 5.47. The van der Waals surface area contributed by atoms with E-state index in [4.69, 9.17) is 4.98 Å². The van der Waals surface area contributed by atoms with Crippen molar-refractivity contribution in [2.75, 3.05) is 36.0 Å². The lowest BCUT2D eigenvalue weighted by atomic mass is 10.2. The second-order valence-corrected chi connectivity index (χ2v) is 7.19. The van der Waals surface area contributed by atoms with E-state index in [0.717, 1.165) is 55.4 Å². The molecule has 1 aliphatic heterocycles. The minimum Gasteiger partial charge on any atom is -0.508 e. The number of phenols is 1. The number of nitro benzene ring substituents is 1. The van der Waals surface area contributed by atoms with Gasteiger partial charge in [-0.2, -0.15) is 0 Å². The molecule has 0 bridgehead atoms. The highest BCUT2D eigenvalue weighted by atomic mass is 16.6. The Bertz CT molecular complexity index is 1030. The van der Waals surface area contributed by atoms with Crippen LogP contribution in [0.4, 0.5) is 17.2 Å². The SMILES string of the molecule is CCc1cc(N2CCN(c3ccc(O)cc3)CC2)nc(-c2ccc([N+](=O)[O-])cc2)n1. The van der Waals surface area contributed by atoms with Gasteiger partial charge in [0.1, 0.15) is 11.6 Å². The van der Waals surface area contributed by atoms with Gasteiger partial charge in [-0.25, -0.2) is 9.97 Å². The monoisotopic (exact) mass is 405 g/mol. The summed E-state index contributed by atoms with van der Waals surface area (Å²) in [5.74, 6) is 1.73. The fourth-order valence-electron chi connectivity index (χ4n) is 3.54. The van der Waals surface area contributed by atoms with E-state index in [1.807, 2.05) is 18.2 Å². The first kappa shape index (κ1) is 19.6. The summed E-state index contributed by atoms with van der Waals surface area (Å²) in [6.45, 7) is 5.39. The Morgan fingerprint density at radius 2 is 1.60 bits per heavy atom. The van der Waals surface area contributed by atoms with Gasteiger partial charge in [0.2, 0.25) is 0 Å². The van der Waals surface area contributed by atoms with Gasteiger partial charge in [-0.1, -0.05) is 6.92 Å². The second kappa shape index (κ2) is 8.36. The number of nitrogens with zero attached hydrogens (tertiary/aromatic N) is 5. The van der Waals surface area contributed by atoms with Crippen molar-refractivity contribution in [3.63, 3.8) is 0 Å². The molecule has 30 heavy (non-hydrogen) atoms. The molecule has 1 saturated heterocycles. The minimum atomic E-state index is -0.411. The van der Waals surface area contributed by atoms with Gasteiger partial charge in [0.25, 0.3) is 5.69 Å². The van der Waals surface area contributed by atoms with Crippen molar-refractivity contribution in [3.8, 4) is 17.1 Å². The number of phenolic OH excluding ortho intramolecular Hbond substituents is 1. The third kappa shape index (κ3) is 4.17. The summed E-state index contributed by atoms with van der Waals surface area (Å²) in [5, 5.41) is 20.4. The van der Waals surface area contributed by atoms with Crippen LogP contribution in [0.1, 0.15) is 12.6 Å². The number of benzene rings is 2. The fraction of sp³-hybridized carbons (Fsp3) is 0.273. The zero-order valence-corrected chi connectivity index (χ0v) is 16.7. The number of anilines is 2. The highest BCUT2D eigenvalue weighted by Gasteiger charge is 2.20. The number of nitro groups is 1. The van der Waals surface area contributed by atoms with Gasteiger partial charge in [0.15, 0.2) is 5.82 Å². The highest BCUT2D eigenvalue weighted by molar-refractivity contribution is 5.60. The molecule has 2 heterocycles. The Balaban J connectivity index is 1.53. The molecule has 8 nitrogen and oxygen atoms in total. The summed E-state index contributed by atoms with van der Waals surface area (Å²) in [7, 11) is 0. The van der Waals surface area contributed by atoms with Crippen LogP contribution in [0.15, 0.2) is 54.6 Å². The normalized spacial score (nSPS) is 14.0. The first-order valence-electron chi connectivity index (χ1n) is 9.95. The number of aromatic nitrogens is 2. The Labute approximate surface area is 174 Å². The van der Waals surface area contributed by atoms with E-state index in [2.05, 4.69) is 21.7 Å². The van der Waals surface area contributed by atoms with Crippen LogP contribution in [0.2, 0.25) is 0 Å². The van der Waals surface area contributed by atoms with E-state index in [0.29, 0.717) is 5.82 Å². The lowest BCUT2D eigenvalue weighted by molar-refractivity contribution is -0.384. The summed E-state index contributed by atoms with van der Waals surface area (Å²) in [5.41, 5.74) is 2.85. The van der Waals surface area contributed by atoms with Crippen LogP contribution in [0.5, 0.6) is 5.75 Å². The zero-order valence-electron chi connectivity index (χ0n) is 16.7. The van der Waals surface area contributed by atoms with Gasteiger partial charge >= 0.3 is 0 Å². The van der Waals surface area contributed by atoms with Crippen LogP contribution in [0, 0.1) is 10.1 Å². The number of aryl methyl sites for hydroxylation is 1. The maximum atomic E-state index is 10.9. The molecule has 1 aromatic heterocycles. The smallest absolute Gasteiger partial charge is 0.269 e. The highest BCUT2D eigenvalue weighted by Crippen LogP contribution is 2.25. The molecule has 0 spiro atoms. The average molecular weight is 405 g/mol. The van der Waals surface area contributed by atoms with Crippen LogP contribution in [-0.4, -0.2) is 46.2 Å². The van der Waals surface area contributed by atoms with Crippen molar-refractivity contribution in [1.29, 1.82) is 0 Å². The molecule has 8 heteroatoms. The maximum Gasteiger partial charge on any atom is 0.269 e. The van der Waals surface area contributed by atoms with Crippen LogP contribution >= 0.6 is 0 Å². The van der Waals surface area contributed by atoms with E-state index < -0.39 is 4.92 Å². The van der Waals surface area contributed by atoms with Gasteiger partial charge in [0.05, 0.1) is 4.92 Å². The third-order valence-electron chi connectivity index (χ3n) is 5.28. The molecule has 2 aromatic carbocycles. The first-order valence-corrected chi connectivity index (χ1v) is 9.95. The largest absolute Gasteiger partial charge is 0.508 e. The van der Waals surface area contributed by atoms with Crippen molar-refractivity contribution < 1.29 is 10.0 Å². The Hall–Kier alpha value is -3.68. The van der Waals surface area contributed by atoms with Crippen molar-refractivity contribution in [1.82, 2.24) is 9.97 Å². The molecule has 154 valence electrons. The first-order chi connectivity index (χ1) is 14.5. The second-order valence-electron chi connectivity index (χ2n) is 7.19. The molecule has 0 saturated carbocycles. The lowest BCUT2D eigenvalue weighted by Gasteiger charge is -2.37. The molecule has 1 fully saturated rings. The molecule has 0 atom stereocenters. The van der Waals surface area contributed by atoms with E-state index in [1.54, 1.807) is 24.3 Å². The molecular weight excluding hydrogens is 382 g/mol. The van der Waals surface area contributed by atoms with E-state index in [9.17, 15) is 15.2 Å². The fourth-order valence-corrected chi connectivity index (χ4v) is 3.54. The van der Waals surface area contributed by atoms with Gasteiger partial charge < -0.3 is 14.9 Å². The molecule has 1 aliphatic rings. The molecule has 0 amide bonds. The topological polar surface area (TPSA) is 95.6 Å². The van der Waals surface area contributed by atoms with E-state index >= 15 is 0 Å². The Morgan fingerprint density at radius 1 is 0.967 bits per heavy atom. The molecule has 4 rings (SSSR count). The van der Waals surface area contributed by atoms with Crippen molar-refractivity contribution in [3.05, 3.63) is 70.4 Å². The molecule has 0 aliphatic carbocycles. The van der Waals surface area contributed by atoms with Crippen LogP contribution in [-0.2, 0) is 6.42 Å². The van der Waals surface area contributed by atoms with E-state index in [1.165, 1.54) is 12.1 Å². The van der Waals surface area contributed by atoms with Crippen LogP contribution in [0.3, 0.4) is 0 Å². The quantitative estimate of drug-likeness (QED) is 0.511. The number of hydrogen-bond acceptors (Lipinski definition) is 7. The summed E-state index contributed by atoms with van der Waals surface area (Å²) < 4.78 is 0. The average Bonchev–Trinajstić information content (AvgIpc) is 2.79. The number of rotatable bonds is 5. The summed E-state index contributed by atoms with van der Waals surface area (Å²) in [6.07, 6.45) is 0.781. The van der Waals surface area contributed by atoms with Crippen LogP contribution < -0.4 is 9.80 Å². The number of non-ortho nitro benzene ring substituents is 1. The summed E-state index contributed by atoms with van der Waals surface area (Å²) in [4.78, 5) is 24.4. The Morgan fingerprint density at radius 3 is 2.20 bits per heavy atom. The number of aromatic hydroxyl groups is 1. The summed E-state index contributed by atoms with van der Waals surface area (Å²) in [6, 6.07) is 15.6. The predicted molar refractivity (Wildman–Crippen MR) is 116 cm³/mol. The van der Waals surface area contributed by atoms with Gasteiger partial charge in [0, 0.05) is 61.3 Å². The van der Waals surface area contributed by atoms with E-state index in [-0.39, 0.29) is 11.4 Å². The molecule has 1 N–H and O–H groups in total. The summed E-state index contributed by atoms with van der Waals surface area (Å²) >= 11 is 0. The maximum absolute atomic E-state index is 10.9. The third-order valence-corrected chi connectivity index (χ3v) is 5.28. The van der Waals surface area contributed by atoms with Gasteiger partial charge in [-0.15, -0.1) is 0 Å². The number of piperazine rings is 1. The van der Waals surface area contributed by atoms with Gasteiger partial charge in [-0.3, -0.25) is 10.1 Å². The molecule has 3 aromatic rings. The van der Waals surface area contributed by atoms with Crippen molar-refractivity contribution in [2.24, 2.45) is 0 Å². The van der Waals surface area contributed by atoms with Gasteiger partial charge in [-0.05, 0) is 42.8 Å². The predicted octanol–water partition coefficient (Wildman–Crippen LogP) is 3.65. The molecule has 0 radical (unpaired) electrons. The zero-order chi connectivity index (χ0) is 21.1. The minimum absolute atomic E-state index is 0.0518. The molecular formula is C22H23N5O3. The van der Waals surface area contributed by atoms with Crippen molar-refractivity contribution in [2.45, 2.75) is 13.3 Å². The van der Waals surface area contributed by atoms with Crippen molar-refractivity contribution >= 4 is 17.2 Å². The molecule has 0 unspecified atom stereocenters. The number of hydrogen-bond donors (Lipinski definition) is 1. The standard InChI is InChI=1S/C22H23N5O3/c1-2-17-15-21(24-22(23-17)16-3-5-19(6-4-16)27(29)30)26-13-11-25(12-14-26)18-7-9-20(28)10-8-18/h3-10,15,28H,2,11-14H2,1H3. The van der Waals surface area contributed by atoms with Crippen LogP contribution in [0.25, 0.3) is 11.4 Å².